The lowest BCUT2D eigenvalue weighted by molar-refractivity contribution is 0.355. The fourth-order valence-corrected chi connectivity index (χ4v) is 6.95. The van der Waals surface area contributed by atoms with Gasteiger partial charge in [-0.25, -0.2) is 16.8 Å². The highest BCUT2D eigenvalue weighted by Crippen LogP contribution is 2.24. The fraction of sp³-hybridized carbons (Fsp3) is 0.455. The Labute approximate surface area is 191 Å². The van der Waals surface area contributed by atoms with Gasteiger partial charge in [0, 0.05) is 39.3 Å². The van der Waals surface area contributed by atoms with Crippen molar-refractivity contribution in [2.45, 2.75) is 25.3 Å². The number of benzene rings is 2. The lowest BCUT2D eigenvalue weighted by Gasteiger charge is -2.28. The van der Waals surface area contributed by atoms with E-state index < -0.39 is 20.0 Å². The molecule has 1 fully saturated rings. The van der Waals surface area contributed by atoms with Crippen molar-refractivity contribution < 1.29 is 21.6 Å². The fourth-order valence-electron chi connectivity index (χ4n) is 3.65. The molecule has 1 saturated heterocycles. The summed E-state index contributed by atoms with van der Waals surface area (Å²) in [5, 5.41) is 3.13. The molecule has 0 atom stereocenters. The minimum atomic E-state index is -3.93. The van der Waals surface area contributed by atoms with Gasteiger partial charge in [-0.15, -0.1) is 0 Å². The SMILES string of the molecule is COc1cccc(CN(CCS(=O)(=O)N2CCNCC2)S(=O)(=O)c2cc(C)ccc2C)c1. The van der Waals surface area contributed by atoms with Crippen molar-refractivity contribution in [3.63, 3.8) is 0 Å². The molecular weight excluding hydrogens is 450 g/mol. The van der Waals surface area contributed by atoms with Crippen LogP contribution in [0, 0.1) is 13.8 Å². The molecule has 10 heteroatoms. The monoisotopic (exact) mass is 481 g/mol. The van der Waals surface area contributed by atoms with E-state index in [0.717, 1.165) is 11.1 Å². The van der Waals surface area contributed by atoms with Crippen LogP contribution in [0.4, 0.5) is 0 Å². The molecule has 0 bridgehead atoms. The van der Waals surface area contributed by atoms with Crippen LogP contribution in [0.2, 0.25) is 0 Å². The number of aryl methyl sites for hydroxylation is 2. The summed E-state index contributed by atoms with van der Waals surface area (Å²) in [6.07, 6.45) is 0. The first kappa shape index (κ1) is 24.7. The van der Waals surface area contributed by atoms with E-state index in [0.29, 0.717) is 37.5 Å². The maximum atomic E-state index is 13.6. The number of ether oxygens (including phenoxy) is 1. The van der Waals surface area contributed by atoms with Gasteiger partial charge in [0.1, 0.15) is 5.75 Å². The third-order valence-electron chi connectivity index (χ3n) is 5.52. The zero-order valence-corrected chi connectivity index (χ0v) is 20.4. The summed E-state index contributed by atoms with van der Waals surface area (Å²) in [4.78, 5) is 0.194. The van der Waals surface area contributed by atoms with E-state index in [2.05, 4.69) is 5.32 Å². The molecule has 8 nitrogen and oxygen atoms in total. The lowest BCUT2D eigenvalue weighted by Crippen LogP contribution is -2.48. The van der Waals surface area contributed by atoms with Gasteiger partial charge in [0.05, 0.1) is 17.8 Å². The Morgan fingerprint density at radius 2 is 1.75 bits per heavy atom. The second-order valence-corrected chi connectivity index (χ2v) is 11.9. The molecule has 1 N–H and O–H groups in total. The summed E-state index contributed by atoms with van der Waals surface area (Å²) in [5.74, 6) is 0.334. The predicted octanol–water partition coefficient (Wildman–Crippen LogP) is 1.74. The third kappa shape index (κ3) is 5.87. The quantitative estimate of drug-likeness (QED) is 0.586. The normalized spacial score (nSPS) is 15.8. The zero-order chi connectivity index (χ0) is 23.4. The second-order valence-electron chi connectivity index (χ2n) is 7.92. The van der Waals surface area contributed by atoms with Crippen LogP contribution < -0.4 is 10.1 Å². The number of piperazine rings is 1. The molecule has 0 amide bonds. The van der Waals surface area contributed by atoms with Gasteiger partial charge in [-0.05, 0) is 48.7 Å². The molecule has 0 spiro atoms. The van der Waals surface area contributed by atoms with E-state index in [4.69, 9.17) is 4.74 Å². The first-order valence-electron chi connectivity index (χ1n) is 10.5. The van der Waals surface area contributed by atoms with Crippen LogP contribution >= 0.6 is 0 Å². The Balaban J connectivity index is 1.92. The molecule has 0 aromatic heterocycles. The molecule has 0 unspecified atom stereocenters. The highest BCUT2D eigenvalue weighted by atomic mass is 32.2. The molecule has 32 heavy (non-hydrogen) atoms. The van der Waals surface area contributed by atoms with Crippen molar-refractivity contribution in [1.29, 1.82) is 0 Å². The van der Waals surface area contributed by atoms with E-state index >= 15 is 0 Å². The molecule has 0 radical (unpaired) electrons. The van der Waals surface area contributed by atoms with E-state index in [1.165, 1.54) is 8.61 Å². The Morgan fingerprint density at radius 1 is 1.03 bits per heavy atom. The van der Waals surface area contributed by atoms with Crippen LogP contribution in [0.15, 0.2) is 47.4 Å². The van der Waals surface area contributed by atoms with Crippen LogP contribution in [0.5, 0.6) is 5.75 Å². The minimum absolute atomic E-state index is 0.0456. The third-order valence-corrected chi connectivity index (χ3v) is 9.36. The molecule has 2 aromatic carbocycles. The van der Waals surface area contributed by atoms with Gasteiger partial charge in [0.25, 0.3) is 0 Å². The van der Waals surface area contributed by atoms with Gasteiger partial charge in [-0.1, -0.05) is 24.3 Å². The number of rotatable bonds is 9. The standard InChI is InChI=1S/C22H31N3O5S2/c1-18-7-8-19(2)22(15-18)32(28,29)25(17-20-5-4-6-21(16-20)30-3)13-14-31(26,27)24-11-9-23-10-12-24/h4-8,15-16,23H,9-14,17H2,1-3H3. The van der Waals surface area contributed by atoms with Crippen LogP contribution in [-0.2, 0) is 26.6 Å². The summed E-state index contributed by atoms with van der Waals surface area (Å²) >= 11 is 0. The van der Waals surface area contributed by atoms with Crippen molar-refractivity contribution >= 4 is 20.0 Å². The Morgan fingerprint density at radius 3 is 2.44 bits per heavy atom. The van der Waals surface area contributed by atoms with Crippen molar-refractivity contribution in [1.82, 2.24) is 13.9 Å². The highest BCUT2D eigenvalue weighted by Gasteiger charge is 2.30. The zero-order valence-electron chi connectivity index (χ0n) is 18.7. The molecule has 1 heterocycles. The van der Waals surface area contributed by atoms with Crippen LogP contribution in [0.1, 0.15) is 16.7 Å². The number of methoxy groups -OCH3 is 1. The first-order chi connectivity index (χ1) is 15.1. The summed E-state index contributed by atoms with van der Waals surface area (Å²) in [7, 11) is -5.96. The largest absolute Gasteiger partial charge is 0.497 e. The summed E-state index contributed by atoms with van der Waals surface area (Å²) in [5.41, 5.74) is 2.16. The van der Waals surface area contributed by atoms with Crippen LogP contribution in [0.3, 0.4) is 0 Å². The summed E-state index contributed by atoms with van der Waals surface area (Å²) in [6.45, 7) is 5.45. The number of nitrogens with one attached hydrogen (secondary N) is 1. The van der Waals surface area contributed by atoms with Crippen LogP contribution in [-0.4, -0.2) is 71.0 Å². The van der Waals surface area contributed by atoms with Gasteiger partial charge >= 0.3 is 0 Å². The summed E-state index contributed by atoms with van der Waals surface area (Å²) < 4.78 is 61.0. The van der Waals surface area contributed by atoms with Gasteiger partial charge in [-0.3, -0.25) is 0 Å². The topological polar surface area (TPSA) is 96.0 Å². The Kier molecular flexibility index (Phi) is 7.94. The number of hydrogen-bond acceptors (Lipinski definition) is 6. The first-order valence-corrected chi connectivity index (χ1v) is 13.6. The number of hydrogen-bond donors (Lipinski definition) is 1. The van der Waals surface area contributed by atoms with E-state index in [9.17, 15) is 16.8 Å². The van der Waals surface area contributed by atoms with Crippen molar-refractivity contribution in [2.24, 2.45) is 0 Å². The molecule has 1 aliphatic heterocycles. The van der Waals surface area contributed by atoms with Gasteiger partial charge in [0.2, 0.25) is 20.0 Å². The molecule has 1 aliphatic rings. The Bertz CT molecular complexity index is 1140. The molecule has 2 aromatic rings. The van der Waals surface area contributed by atoms with Crippen molar-refractivity contribution in [3.05, 3.63) is 59.2 Å². The minimum Gasteiger partial charge on any atom is -0.497 e. The number of sulfonamides is 2. The van der Waals surface area contributed by atoms with Crippen molar-refractivity contribution in [2.75, 3.05) is 45.6 Å². The average molecular weight is 482 g/mol. The Hall–Kier alpha value is -1.98. The van der Waals surface area contributed by atoms with Gasteiger partial charge in [0.15, 0.2) is 0 Å². The highest BCUT2D eigenvalue weighted by molar-refractivity contribution is 7.90. The van der Waals surface area contributed by atoms with Gasteiger partial charge < -0.3 is 10.1 Å². The maximum absolute atomic E-state index is 13.6. The molecular formula is C22H31N3O5S2. The maximum Gasteiger partial charge on any atom is 0.243 e. The van der Waals surface area contributed by atoms with E-state index in [1.807, 2.05) is 13.0 Å². The second kappa shape index (κ2) is 10.3. The smallest absolute Gasteiger partial charge is 0.243 e. The average Bonchev–Trinajstić information content (AvgIpc) is 2.78. The molecule has 176 valence electrons. The lowest BCUT2D eigenvalue weighted by atomic mass is 10.2. The number of nitrogens with zero attached hydrogens (tertiary/aromatic N) is 2. The van der Waals surface area contributed by atoms with Crippen molar-refractivity contribution in [3.8, 4) is 5.75 Å². The predicted molar refractivity (Wildman–Crippen MR) is 125 cm³/mol. The van der Waals surface area contributed by atoms with Gasteiger partial charge in [-0.2, -0.15) is 8.61 Å². The van der Waals surface area contributed by atoms with E-state index in [-0.39, 0.29) is 23.7 Å². The molecule has 3 rings (SSSR count). The van der Waals surface area contributed by atoms with Crippen LogP contribution in [0.25, 0.3) is 0 Å². The molecule has 0 aliphatic carbocycles. The molecule has 0 saturated carbocycles. The summed E-state index contributed by atoms with van der Waals surface area (Å²) in [6, 6.07) is 12.4. The van der Waals surface area contributed by atoms with E-state index in [1.54, 1.807) is 50.4 Å².